The number of ether oxygens (including phenoxy) is 2. The van der Waals surface area contributed by atoms with E-state index in [0.717, 1.165) is 53.5 Å². The second-order valence-electron chi connectivity index (χ2n) is 6.87. The fourth-order valence-electron chi connectivity index (χ4n) is 3.06. The first kappa shape index (κ1) is 20.5. The van der Waals surface area contributed by atoms with Gasteiger partial charge in [0.25, 0.3) is 0 Å². The molecular formula is C23H28N4O2. The Balaban J connectivity index is 1.41. The number of nitrogen functional groups attached to an aromatic ring is 1. The fraction of sp³-hybridized carbons (Fsp3) is 0.261. The van der Waals surface area contributed by atoms with E-state index < -0.39 is 0 Å². The molecule has 0 saturated carbocycles. The average Bonchev–Trinajstić information content (AvgIpc) is 3.26. The summed E-state index contributed by atoms with van der Waals surface area (Å²) in [4.78, 5) is 2.21. The standard InChI is InChI=1S/C23H28N4O2/c1-27(17-19-15-20(24)9-10-23(19)28-2)13-4-3-5-14-29-21-8-6-7-18(16-21)22-11-12-25-26-22/h3-4,6-12,15-16H,5,13-14,17,24H2,1-2H3,(H,25,26)/b4-3+. The lowest BCUT2D eigenvalue weighted by molar-refractivity contribution is 0.323. The lowest BCUT2D eigenvalue weighted by atomic mass is 10.1. The number of hydrogen-bond acceptors (Lipinski definition) is 5. The van der Waals surface area contributed by atoms with Crippen molar-refractivity contribution in [2.75, 3.05) is 33.0 Å². The summed E-state index contributed by atoms with van der Waals surface area (Å²) in [6, 6.07) is 15.7. The van der Waals surface area contributed by atoms with Crippen molar-refractivity contribution in [2.24, 2.45) is 0 Å². The van der Waals surface area contributed by atoms with Crippen LogP contribution in [-0.4, -0.2) is 42.4 Å². The molecule has 29 heavy (non-hydrogen) atoms. The van der Waals surface area contributed by atoms with Crippen LogP contribution in [0.25, 0.3) is 11.3 Å². The van der Waals surface area contributed by atoms with Gasteiger partial charge in [0.05, 0.1) is 19.4 Å². The van der Waals surface area contributed by atoms with Gasteiger partial charge in [0.15, 0.2) is 0 Å². The number of H-pyrrole nitrogens is 1. The molecule has 3 rings (SSSR count). The maximum absolute atomic E-state index is 5.89. The molecule has 0 saturated heterocycles. The highest BCUT2D eigenvalue weighted by Gasteiger charge is 2.06. The normalized spacial score (nSPS) is 11.3. The van der Waals surface area contributed by atoms with E-state index in [4.69, 9.17) is 15.2 Å². The zero-order valence-corrected chi connectivity index (χ0v) is 17.0. The van der Waals surface area contributed by atoms with Gasteiger partial charge in [-0.1, -0.05) is 24.3 Å². The molecule has 0 aliphatic heterocycles. The summed E-state index contributed by atoms with van der Waals surface area (Å²) in [5.74, 6) is 1.72. The molecule has 6 heteroatoms. The molecule has 0 aliphatic carbocycles. The third-order valence-electron chi connectivity index (χ3n) is 4.53. The Hall–Kier alpha value is -3.25. The Morgan fingerprint density at radius 3 is 2.83 bits per heavy atom. The van der Waals surface area contributed by atoms with Crippen LogP contribution in [0.4, 0.5) is 5.69 Å². The molecule has 0 unspecified atom stereocenters. The number of hydrogen-bond donors (Lipinski definition) is 2. The topological polar surface area (TPSA) is 76.4 Å². The van der Waals surface area contributed by atoms with Crippen LogP contribution in [0.3, 0.4) is 0 Å². The molecule has 1 heterocycles. The van der Waals surface area contributed by atoms with E-state index in [1.807, 2.05) is 48.5 Å². The van der Waals surface area contributed by atoms with Crippen LogP contribution in [0.15, 0.2) is 66.9 Å². The van der Waals surface area contributed by atoms with Crippen LogP contribution >= 0.6 is 0 Å². The van der Waals surface area contributed by atoms with Gasteiger partial charge in [-0.25, -0.2) is 0 Å². The highest BCUT2D eigenvalue weighted by Crippen LogP contribution is 2.23. The number of anilines is 1. The largest absolute Gasteiger partial charge is 0.496 e. The number of methoxy groups -OCH3 is 1. The molecule has 0 aliphatic rings. The highest BCUT2D eigenvalue weighted by atomic mass is 16.5. The molecular weight excluding hydrogens is 364 g/mol. The molecule has 0 fully saturated rings. The summed E-state index contributed by atoms with van der Waals surface area (Å²) in [7, 11) is 3.75. The summed E-state index contributed by atoms with van der Waals surface area (Å²) < 4.78 is 11.3. The Morgan fingerprint density at radius 2 is 2.03 bits per heavy atom. The molecule has 3 N–H and O–H groups in total. The van der Waals surface area contributed by atoms with E-state index in [2.05, 4.69) is 34.3 Å². The van der Waals surface area contributed by atoms with Crippen LogP contribution in [0.1, 0.15) is 12.0 Å². The van der Waals surface area contributed by atoms with Crippen molar-refractivity contribution in [1.29, 1.82) is 0 Å². The van der Waals surface area contributed by atoms with Crippen LogP contribution in [0.5, 0.6) is 11.5 Å². The van der Waals surface area contributed by atoms with Crippen LogP contribution in [0, 0.1) is 0 Å². The minimum atomic E-state index is 0.635. The lowest BCUT2D eigenvalue weighted by Gasteiger charge is -2.17. The van der Waals surface area contributed by atoms with Crippen molar-refractivity contribution in [3.8, 4) is 22.8 Å². The predicted molar refractivity (Wildman–Crippen MR) is 117 cm³/mol. The summed E-state index contributed by atoms with van der Waals surface area (Å²) in [6.45, 7) is 2.25. The van der Waals surface area contributed by atoms with Crippen molar-refractivity contribution < 1.29 is 9.47 Å². The minimum absolute atomic E-state index is 0.635. The van der Waals surface area contributed by atoms with Crippen LogP contribution < -0.4 is 15.2 Å². The first-order valence-electron chi connectivity index (χ1n) is 9.64. The number of benzene rings is 2. The van der Waals surface area contributed by atoms with Crippen molar-refractivity contribution in [1.82, 2.24) is 15.1 Å². The quantitative estimate of drug-likeness (QED) is 0.308. The molecule has 0 radical (unpaired) electrons. The first-order chi connectivity index (χ1) is 14.2. The van der Waals surface area contributed by atoms with Gasteiger partial charge in [-0.05, 0) is 49.9 Å². The second kappa shape index (κ2) is 10.3. The second-order valence-corrected chi connectivity index (χ2v) is 6.87. The first-order valence-corrected chi connectivity index (χ1v) is 9.64. The van der Waals surface area contributed by atoms with E-state index in [1.165, 1.54) is 0 Å². The van der Waals surface area contributed by atoms with E-state index in [0.29, 0.717) is 6.61 Å². The molecule has 0 amide bonds. The molecule has 3 aromatic rings. The highest BCUT2D eigenvalue weighted by molar-refractivity contribution is 5.60. The Morgan fingerprint density at radius 1 is 1.14 bits per heavy atom. The third-order valence-corrected chi connectivity index (χ3v) is 4.53. The maximum atomic E-state index is 5.89. The molecule has 1 aromatic heterocycles. The lowest BCUT2D eigenvalue weighted by Crippen LogP contribution is -2.18. The number of aromatic nitrogens is 2. The summed E-state index contributed by atoms with van der Waals surface area (Å²) in [5, 5.41) is 6.95. The van der Waals surface area contributed by atoms with Crippen LogP contribution in [-0.2, 0) is 6.54 Å². The zero-order valence-electron chi connectivity index (χ0n) is 17.0. The Bertz CT molecular complexity index is 922. The van der Waals surface area contributed by atoms with E-state index in [1.54, 1.807) is 13.3 Å². The van der Waals surface area contributed by atoms with E-state index in [9.17, 15) is 0 Å². The fourth-order valence-corrected chi connectivity index (χ4v) is 3.06. The Labute approximate surface area is 171 Å². The smallest absolute Gasteiger partial charge is 0.123 e. The third kappa shape index (κ3) is 6.12. The summed E-state index contributed by atoms with van der Waals surface area (Å²) in [6.07, 6.45) is 6.90. The molecule has 2 aromatic carbocycles. The summed E-state index contributed by atoms with van der Waals surface area (Å²) in [5.41, 5.74) is 9.77. The number of nitrogens with one attached hydrogen (secondary N) is 1. The van der Waals surface area contributed by atoms with Crippen LogP contribution in [0.2, 0.25) is 0 Å². The number of nitrogens with two attached hydrogens (primary N) is 1. The summed E-state index contributed by atoms with van der Waals surface area (Å²) >= 11 is 0. The molecule has 6 nitrogen and oxygen atoms in total. The van der Waals surface area contributed by atoms with Gasteiger partial charge in [0.1, 0.15) is 11.5 Å². The number of rotatable bonds is 10. The maximum Gasteiger partial charge on any atom is 0.123 e. The average molecular weight is 393 g/mol. The number of nitrogens with zero attached hydrogens (tertiary/aromatic N) is 2. The van der Waals surface area contributed by atoms with Gasteiger partial charge in [-0.3, -0.25) is 10.00 Å². The SMILES string of the molecule is COc1ccc(N)cc1CN(C)C/C=C/CCOc1cccc(-c2ccn[nH]2)c1. The van der Waals surface area contributed by atoms with Gasteiger partial charge in [-0.15, -0.1) is 0 Å². The van der Waals surface area contributed by atoms with Crippen molar-refractivity contribution >= 4 is 5.69 Å². The van der Waals surface area contributed by atoms with Gasteiger partial charge in [0.2, 0.25) is 0 Å². The van der Waals surface area contributed by atoms with Gasteiger partial charge in [-0.2, -0.15) is 5.10 Å². The van der Waals surface area contributed by atoms with Gasteiger partial charge >= 0.3 is 0 Å². The van der Waals surface area contributed by atoms with E-state index >= 15 is 0 Å². The monoisotopic (exact) mass is 392 g/mol. The van der Waals surface area contributed by atoms with Gasteiger partial charge in [0, 0.05) is 36.1 Å². The molecule has 0 atom stereocenters. The molecule has 152 valence electrons. The number of aromatic amines is 1. The molecule has 0 bridgehead atoms. The van der Waals surface area contributed by atoms with Crippen molar-refractivity contribution in [3.05, 3.63) is 72.4 Å². The minimum Gasteiger partial charge on any atom is -0.496 e. The van der Waals surface area contributed by atoms with Crippen molar-refractivity contribution in [2.45, 2.75) is 13.0 Å². The van der Waals surface area contributed by atoms with Crippen molar-refractivity contribution in [3.63, 3.8) is 0 Å². The molecule has 0 spiro atoms. The Kier molecular flexibility index (Phi) is 7.30. The predicted octanol–water partition coefficient (Wildman–Crippen LogP) is 4.12. The van der Waals surface area contributed by atoms with Gasteiger partial charge < -0.3 is 15.2 Å². The zero-order chi connectivity index (χ0) is 20.5. The van der Waals surface area contributed by atoms with E-state index in [-0.39, 0.29) is 0 Å². The number of likely N-dealkylation sites (N-methyl/N-ethyl adjacent to an activating group) is 1.